The highest BCUT2D eigenvalue weighted by Crippen LogP contribution is 2.22. The fraction of sp³-hybridized carbons (Fsp3) is 0.300. The summed E-state index contributed by atoms with van der Waals surface area (Å²) in [5, 5.41) is 12.1. The highest BCUT2D eigenvalue weighted by Gasteiger charge is 2.20. The number of aryl methyl sites for hydroxylation is 1. The summed E-state index contributed by atoms with van der Waals surface area (Å²) in [6.45, 7) is 1.54. The van der Waals surface area contributed by atoms with E-state index in [1.54, 1.807) is 0 Å². The maximum Gasteiger partial charge on any atom is 0.226 e. The number of nitrogens with zero attached hydrogens (tertiary/aromatic N) is 2. The molecule has 1 aromatic heterocycles. The highest BCUT2D eigenvalue weighted by atomic mass is 16.1. The molecular weight excluding hydrogens is 312 g/mol. The van der Waals surface area contributed by atoms with Crippen LogP contribution in [-0.2, 0) is 24.7 Å². The van der Waals surface area contributed by atoms with Crippen LogP contribution in [0.15, 0.2) is 48.5 Å². The van der Waals surface area contributed by atoms with Crippen LogP contribution >= 0.6 is 0 Å². The van der Waals surface area contributed by atoms with Gasteiger partial charge < -0.3 is 10.6 Å². The Morgan fingerprint density at radius 1 is 1.24 bits per heavy atom. The van der Waals surface area contributed by atoms with Crippen LogP contribution in [0.5, 0.6) is 0 Å². The lowest BCUT2D eigenvalue weighted by molar-refractivity contribution is -0.120. The molecule has 3 aromatic rings. The van der Waals surface area contributed by atoms with E-state index in [1.165, 1.54) is 11.1 Å². The van der Waals surface area contributed by atoms with E-state index in [1.807, 2.05) is 36.0 Å². The molecule has 5 nitrogen and oxygen atoms in total. The van der Waals surface area contributed by atoms with E-state index < -0.39 is 0 Å². The molecular formula is C20H22N4O. The molecule has 2 N–H and O–H groups in total. The van der Waals surface area contributed by atoms with Crippen LogP contribution < -0.4 is 10.6 Å². The van der Waals surface area contributed by atoms with Crippen molar-refractivity contribution in [2.45, 2.75) is 18.9 Å². The Balaban J connectivity index is 1.43. The molecule has 5 heteroatoms. The summed E-state index contributed by atoms with van der Waals surface area (Å²) in [5.74, 6) is 0.00806. The van der Waals surface area contributed by atoms with Crippen molar-refractivity contribution >= 4 is 16.8 Å². The van der Waals surface area contributed by atoms with Crippen LogP contribution in [0.3, 0.4) is 0 Å². The number of nitrogens with one attached hydrogen (secondary N) is 2. The van der Waals surface area contributed by atoms with Crippen LogP contribution in [-0.4, -0.2) is 28.8 Å². The first kappa shape index (κ1) is 15.8. The summed E-state index contributed by atoms with van der Waals surface area (Å²) in [4.78, 5) is 12.4. The molecule has 128 valence electrons. The minimum Gasteiger partial charge on any atom is -0.354 e. The largest absolute Gasteiger partial charge is 0.354 e. The molecule has 0 bridgehead atoms. The number of carbonyl (C=O) groups excluding carboxylic acids is 1. The summed E-state index contributed by atoms with van der Waals surface area (Å²) in [7, 11) is 1.91. The normalized spacial score (nSPS) is 16.6. The summed E-state index contributed by atoms with van der Waals surface area (Å²) in [6.07, 6.45) is 1.34. The summed E-state index contributed by atoms with van der Waals surface area (Å²) < 4.78 is 1.83. The van der Waals surface area contributed by atoms with Crippen molar-refractivity contribution in [3.8, 4) is 0 Å². The first-order valence-electron chi connectivity index (χ1n) is 8.71. The van der Waals surface area contributed by atoms with Gasteiger partial charge in [0.2, 0.25) is 5.91 Å². The molecule has 1 aliphatic rings. The van der Waals surface area contributed by atoms with Gasteiger partial charge in [0.25, 0.3) is 0 Å². The van der Waals surface area contributed by atoms with E-state index in [9.17, 15) is 4.79 Å². The first-order chi connectivity index (χ1) is 12.2. The highest BCUT2D eigenvalue weighted by molar-refractivity contribution is 5.87. The summed E-state index contributed by atoms with van der Waals surface area (Å²) in [6, 6.07) is 16.6. The van der Waals surface area contributed by atoms with Crippen LogP contribution in [0.2, 0.25) is 0 Å². The molecule has 0 spiro atoms. The minimum absolute atomic E-state index is 0.00806. The third kappa shape index (κ3) is 3.15. The SMILES string of the molecule is Cn1nc(CC(=O)NCC2NCCc3ccccc32)c2ccccc21. The average molecular weight is 334 g/mol. The van der Waals surface area contributed by atoms with E-state index >= 15 is 0 Å². The Morgan fingerprint density at radius 3 is 2.96 bits per heavy atom. The topological polar surface area (TPSA) is 59.0 Å². The van der Waals surface area contributed by atoms with Gasteiger partial charge in [-0.3, -0.25) is 9.48 Å². The molecule has 1 atom stereocenters. The smallest absolute Gasteiger partial charge is 0.226 e. The molecule has 0 radical (unpaired) electrons. The molecule has 0 saturated carbocycles. The van der Waals surface area contributed by atoms with Crippen molar-refractivity contribution in [2.75, 3.05) is 13.1 Å². The quantitative estimate of drug-likeness (QED) is 0.768. The third-order valence-corrected chi connectivity index (χ3v) is 4.88. The number of para-hydroxylation sites is 1. The predicted molar refractivity (Wildman–Crippen MR) is 98.3 cm³/mol. The lowest BCUT2D eigenvalue weighted by atomic mass is 9.94. The van der Waals surface area contributed by atoms with Crippen molar-refractivity contribution in [3.63, 3.8) is 0 Å². The molecule has 1 amide bonds. The van der Waals surface area contributed by atoms with Crippen molar-refractivity contribution < 1.29 is 4.79 Å². The third-order valence-electron chi connectivity index (χ3n) is 4.88. The van der Waals surface area contributed by atoms with E-state index in [4.69, 9.17) is 0 Å². The van der Waals surface area contributed by atoms with Crippen LogP contribution in [0.1, 0.15) is 22.9 Å². The fourth-order valence-corrected chi connectivity index (χ4v) is 3.62. The number of amides is 1. The molecule has 0 fully saturated rings. The molecule has 0 aliphatic carbocycles. The molecule has 4 rings (SSSR count). The molecule has 2 heterocycles. The second-order valence-corrected chi connectivity index (χ2v) is 6.52. The van der Waals surface area contributed by atoms with Gasteiger partial charge in [0.15, 0.2) is 0 Å². The summed E-state index contributed by atoms with van der Waals surface area (Å²) in [5.41, 5.74) is 4.54. The maximum absolute atomic E-state index is 12.4. The van der Waals surface area contributed by atoms with E-state index in [0.29, 0.717) is 13.0 Å². The number of fused-ring (bicyclic) bond motifs is 2. The molecule has 2 aromatic carbocycles. The zero-order valence-corrected chi connectivity index (χ0v) is 14.3. The number of carbonyl (C=O) groups is 1. The zero-order valence-electron chi connectivity index (χ0n) is 14.3. The Hall–Kier alpha value is -2.66. The first-order valence-corrected chi connectivity index (χ1v) is 8.71. The van der Waals surface area contributed by atoms with Gasteiger partial charge in [0.1, 0.15) is 0 Å². The Bertz CT molecular complexity index is 915. The molecule has 1 aliphatic heterocycles. The van der Waals surface area contributed by atoms with Gasteiger partial charge >= 0.3 is 0 Å². The van der Waals surface area contributed by atoms with Crippen LogP contribution in [0, 0.1) is 0 Å². The fourth-order valence-electron chi connectivity index (χ4n) is 3.62. The van der Waals surface area contributed by atoms with Gasteiger partial charge in [-0.15, -0.1) is 0 Å². The molecule has 0 saturated heterocycles. The lowest BCUT2D eigenvalue weighted by Gasteiger charge is -2.27. The lowest BCUT2D eigenvalue weighted by Crippen LogP contribution is -2.39. The monoisotopic (exact) mass is 334 g/mol. The summed E-state index contributed by atoms with van der Waals surface area (Å²) >= 11 is 0. The van der Waals surface area contributed by atoms with Crippen molar-refractivity contribution in [2.24, 2.45) is 7.05 Å². The van der Waals surface area contributed by atoms with E-state index in [0.717, 1.165) is 29.6 Å². The van der Waals surface area contributed by atoms with Crippen molar-refractivity contribution in [1.82, 2.24) is 20.4 Å². The van der Waals surface area contributed by atoms with Gasteiger partial charge in [0.05, 0.1) is 17.6 Å². The van der Waals surface area contributed by atoms with Crippen molar-refractivity contribution in [1.29, 1.82) is 0 Å². The minimum atomic E-state index is 0.00806. The number of hydrogen-bond donors (Lipinski definition) is 2. The Labute approximate surface area is 147 Å². The Kier molecular flexibility index (Phi) is 4.24. The van der Waals surface area contributed by atoms with Gasteiger partial charge in [0, 0.05) is 25.0 Å². The average Bonchev–Trinajstić information content (AvgIpc) is 2.96. The van der Waals surface area contributed by atoms with Gasteiger partial charge in [-0.1, -0.05) is 42.5 Å². The molecule has 1 unspecified atom stereocenters. The zero-order chi connectivity index (χ0) is 17.2. The van der Waals surface area contributed by atoms with Crippen LogP contribution in [0.25, 0.3) is 10.9 Å². The van der Waals surface area contributed by atoms with Gasteiger partial charge in [-0.25, -0.2) is 0 Å². The van der Waals surface area contributed by atoms with Gasteiger partial charge in [-0.2, -0.15) is 5.10 Å². The second kappa shape index (κ2) is 6.69. The predicted octanol–water partition coefficient (Wildman–Crippen LogP) is 2.12. The van der Waals surface area contributed by atoms with E-state index in [-0.39, 0.29) is 11.9 Å². The Morgan fingerprint density at radius 2 is 2.04 bits per heavy atom. The number of hydrogen-bond acceptors (Lipinski definition) is 3. The van der Waals surface area contributed by atoms with Crippen molar-refractivity contribution in [3.05, 3.63) is 65.4 Å². The standard InChI is InChI=1S/C20H22N4O/c1-24-19-9-5-4-8-16(19)17(23-24)12-20(25)22-13-18-15-7-3-2-6-14(15)10-11-21-18/h2-9,18,21H,10-13H2,1H3,(H,22,25). The number of benzene rings is 2. The number of rotatable bonds is 4. The van der Waals surface area contributed by atoms with Crippen LogP contribution in [0.4, 0.5) is 0 Å². The van der Waals surface area contributed by atoms with E-state index in [2.05, 4.69) is 40.0 Å². The second-order valence-electron chi connectivity index (χ2n) is 6.52. The number of aromatic nitrogens is 2. The molecule has 25 heavy (non-hydrogen) atoms. The maximum atomic E-state index is 12.4. The van der Waals surface area contributed by atoms with Gasteiger partial charge in [-0.05, 0) is 30.2 Å².